The topological polar surface area (TPSA) is 38.3 Å². The highest BCUT2D eigenvalue weighted by molar-refractivity contribution is 6.30. The number of nitrogens with one attached hydrogen (secondary N) is 1. The molecule has 106 valence electrons. The number of hydrogen-bond donors (Lipinski definition) is 1. The van der Waals surface area contributed by atoms with Crippen molar-refractivity contribution in [3.8, 4) is 0 Å². The number of hydrogen-bond acceptors (Lipinski definition) is 3. The van der Waals surface area contributed by atoms with Gasteiger partial charge in [0.15, 0.2) is 0 Å². The van der Waals surface area contributed by atoms with Crippen molar-refractivity contribution < 1.29 is 9.53 Å². The highest BCUT2D eigenvalue weighted by Crippen LogP contribution is 2.13. The number of ether oxygens (including phenoxy) is 1. The van der Waals surface area contributed by atoms with Gasteiger partial charge in [0.25, 0.3) is 0 Å². The van der Waals surface area contributed by atoms with Gasteiger partial charge in [0.05, 0.1) is 13.5 Å². The second-order valence-corrected chi connectivity index (χ2v) is 5.22. The van der Waals surface area contributed by atoms with E-state index in [9.17, 15) is 4.79 Å². The summed E-state index contributed by atoms with van der Waals surface area (Å²) in [6, 6.07) is 8.19. The zero-order valence-electron chi connectivity index (χ0n) is 11.8. The lowest BCUT2D eigenvalue weighted by Crippen LogP contribution is -2.39. The molecule has 0 radical (unpaired) electrons. The first-order chi connectivity index (χ1) is 9.05. The highest BCUT2D eigenvalue weighted by Gasteiger charge is 2.16. The van der Waals surface area contributed by atoms with Gasteiger partial charge in [0, 0.05) is 17.1 Å². The highest BCUT2D eigenvalue weighted by atomic mass is 35.5. The normalized spacial score (nSPS) is 13.9. The lowest BCUT2D eigenvalue weighted by molar-refractivity contribution is -0.141. The number of benzene rings is 1. The van der Waals surface area contributed by atoms with Crippen LogP contribution in [0.25, 0.3) is 0 Å². The van der Waals surface area contributed by atoms with E-state index >= 15 is 0 Å². The van der Waals surface area contributed by atoms with Crippen LogP contribution in [0.2, 0.25) is 5.02 Å². The van der Waals surface area contributed by atoms with E-state index in [1.54, 1.807) is 0 Å². The predicted molar refractivity (Wildman–Crippen MR) is 78.5 cm³/mol. The van der Waals surface area contributed by atoms with Gasteiger partial charge < -0.3 is 10.1 Å². The maximum Gasteiger partial charge on any atom is 0.307 e. The van der Waals surface area contributed by atoms with Gasteiger partial charge in [-0.1, -0.05) is 30.7 Å². The Labute approximate surface area is 120 Å². The Hall–Kier alpha value is -1.06. The Morgan fingerprint density at radius 1 is 1.37 bits per heavy atom. The molecule has 1 rings (SSSR count). The fourth-order valence-electron chi connectivity index (χ4n) is 1.90. The molecule has 0 fully saturated rings. The molecule has 0 spiro atoms. The van der Waals surface area contributed by atoms with Crippen molar-refractivity contribution in [1.29, 1.82) is 0 Å². The maximum atomic E-state index is 11.5. The average molecular weight is 284 g/mol. The summed E-state index contributed by atoms with van der Waals surface area (Å²) in [5.74, 6) is -0.185. The van der Waals surface area contributed by atoms with Gasteiger partial charge in [0.1, 0.15) is 0 Å². The molecule has 0 amide bonds. The van der Waals surface area contributed by atoms with Gasteiger partial charge in [-0.15, -0.1) is 0 Å². The third-order valence-corrected chi connectivity index (χ3v) is 3.42. The number of carbonyl (C=O) groups is 1. The van der Waals surface area contributed by atoms with Crippen molar-refractivity contribution in [2.24, 2.45) is 0 Å². The van der Waals surface area contributed by atoms with Crippen LogP contribution in [0, 0.1) is 0 Å². The Bertz CT molecular complexity index is 392. The van der Waals surface area contributed by atoms with Gasteiger partial charge in [-0.3, -0.25) is 4.79 Å². The van der Waals surface area contributed by atoms with Crippen LogP contribution < -0.4 is 5.32 Å². The van der Waals surface area contributed by atoms with Gasteiger partial charge in [-0.2, -0.15) is 0 Å². The summed E-state index contributed by atoms with van der Waals surface area (Å²) >= 11 is 5.87. The lowest BCUT2D eigenvalue weighted by Gasteiger charge is -2.22. The molecule has 3 nitrogen and oxygen atoms in total. The molecule has 0 saturated heterocycles. The minimum Gasteiger partial charge on any atom is -0.469 e. The first-order valence-electron chi connectivity index (χ1n) is 6.62. The molecule has 2 atom stereocenters. The minimum absolute atomic E-state index is 0.0866. The van der Waals surface area contributed by atoms with Crippen molar-refractivity contribution in [3.63, 3.8) is 0 Å². The van der Waals surface area contributed by atoms with E-state index in [2.05, 4.69) is 19.2 Å². The summed E-state index contributed by atoms with van der Waals surface area (Å²) in [6.45, 7) is 4.24. The van der Waals surface area contributed by atoms with E-state index in [1.165, 1.54) is 7.11 Å². The molecule has 1 aromatic rings. The molecule has 0 saturated carbocycles. The maximum absolute atomic E-state index is 11.5. The number of methoxy groups -OCH3 is 1. The quantitative estimate of drug-likeness (QED) is 0.781. The lowest BCUT2D eigenvalue weighted by atomic mass is 10.0. The van der Waals surface area contributed by atoms with Crippen molar-refractivity contribution in [1.82, 2.24) is 5.32 Å². The molecule has 0 aliphatic carbocycles. The van der Waals surface area contributed by atoms with Crippen molar-refractivity contribution in [3.05, 3.63) is 34.9 Å². The van der Waals surface area contributed by atoms with Crippen LogP contribution in [-0.4, -0.2) is 25.2 Å². The smallest absolute Gasteiger partial charge is 0.307 e. The summed E-state index contributed by atoms with van der Waals surface area (Å²) in [7, 11) is 1.42. The van der Waals surface area contributed by atoms with Crippen LogP contribution in [0.3, 0.4) is 0 Å². The summed E-state index contributed by atoms with van der Waals surface area (Å²) < 4.78 is 4.75. The Morgan fingerprint density at radius 3 is 2.53 bits per heavy atom. The fraction of sp³-hybridized carbons (Fsp3) is 0.533. The first kappa shape index (κ1) is 16.0. The molecule has 4 heteroatoms. The van der Waals surface area contributed by atoms with E-state index in [0.29, 0.717) is 12.5 Å². The SMILES string of the molecule is CCC(C)NC(CC(=O)OC)Cc1ccc(Cl)cc1. The molecule has 19 heavy (non-hydrogen) atoms. The van der Waals surface area contributed by atoms with E-state index in [1.807, 2.05) is 24.3 Å². The molecular formula is C15H22ClNO2. The molecule has 0 bridgehead atoms. The molecule has 1 N–H and O–H groups in total. The van der Waals surface area contributed by atoms with Gasteiger partial charge in [0.2, 0.25) is 0 Å². The summed E-state index contributed by atoms with van der Waals surface area (Å²) in [5, 5.41) is 4.19. The van der Waals surface area contributed by atoms with E-state index in [-0.39, 0.29) is 12.0 Å². The molecule has 0 aliphatic heterocycles. The third kappa shape index (κ3) is 6.08. The zero-order valence-corrected chi connectivity index (χ0v) is 12.5. The van der Waals surface area contributed by atoms with E-state index in [4.69, 9.17) is 16.3 Å². The summed E-state index contributed by atoms with van der Waals surface area (Å²) in [4.78, 5) is 11.5. The summed E-state index contributed by atoms with van der Waals surface area (Å²) in [5.41, 5.74) is 1.16. The molecular weight excluding hydrogens is 262 g/mol. The van der Waals surface area contributed by atoms with E-state index < -0.39 is 0 Å². The van der Waals surface area contributed by atoms with Gasteiger partial charge in [-0.25, -0.2) is 0 Å². The van der Waals surface area contributed by atoms with Gasteiger partial charge >= 0.3 is 5.97 Å². The zero-order chi connectivity index (χ0) is 14.3. The van der Waals surface area contributed by atoms with Crippen LogP contribution in [0.1, 0.15) is 32.3 Å². The molecule has 0 aromatic heterocycles. The Balaban J connectivity index is 2.66. The van der Waals surface area contributed by atoms with Crippen molar-refractivity contribution >= 4 is 17.6 Å². The minimum atomic E-state index is -0.185. The number of halogens is 1. The van der Waals surface area contributed by atoms with E-state index in [0.717, 1.165) is 23.4 Å². The molecule has 0 heterocycles. The van der Waals surface area contributed by atoms with Crippen molar-refractivity contribution in [2.45, 2.75) is 45.2 Å². The monoisotopic (exact) mass is 283 g/mol. The standard InChI is InChI=1S/C15H22ClNO2/c1-4-11(2)17-14(10-15(18)19-3)9-12-5-7-13(16)8-6-12/h5-8,11,14,17H,4,9-10H2,1-3H3. The second kappa shape index (κ2) is 8.18. The number of rotatable bonds is 7. The van der Waals surface area contributed by atoms with Gasteiger partial charge in [-0.05, 0) is 37.5 Å². The molecule has 1 aromatic carbocycles. The first-order valence-corrected chi connectivity index (χ1v) is 7.00. The number of carbonyl (C=O) groups excluding carboxylic acids is 1. The van der Waals surface area contributed by atoms with Crippen LogP contribution >= 0.6 is 11.6 Å². The average Bonchev–Trinajstić information content (AvgIpc) is 2.40. The fourth-order valence-corrected chi connectivity index (χ4v) is 2.03. The number of esters is 1. The van der Waals surface area contributed by atoms with Crippen LogP contribution in [-0.2, 0) is 16.0 Å². The summed E-state index contributed by atoms with van der Waals surface area (Å²) in [6.07, 6.45) is 2.19. The molecule has 2 unspecified atom stereocenters. The van der Waals surface area contributed by atoms with Crippen LogP contribution in [0.4, 0.5) is 0 Å². The second-order valence-electron chi connectivity index (χ2n) is 4.78. The van der Waals surface area contributed by atoms with Crippen LogP contribution in [0.15, 0.2) is 24.3 Å². The largest absolute Gasteiger partial charge is 0.469 e. The Kier molecular flexibility index (Phi) is 6.89. The predicted octanol–water partition coefficient (Wildman–Crippen LogP) is 3.20. The third-order valence-electron chi connectivity index (χ3n) is 3.17. The Morgan fingerprint density at radius 2 is 2.00 bits per heavy atom. The molecule has 0 aliphatic rings. The van der Waals surface area contributed by atoms with Crippen LogP contribution in [0.5, 0.6) is 0 Å². The van der Waals surface area contributed by atoms with Crippen molar-refractivity contribution in [2.75, 3.05) is 7.11 Å².